The lowest BCUT2D eigenvalue weighted by Crippen LogP contribution is -2.65. The molecule has 7 heteroatoms. The molecule has 0 fully saturated rings. The third-order valence-electron chi connectivity index (χ3n) is 4.68. The van der Waals surface area contributed by atoms with E-state index < -0.39 is 0 Å². The first-order valence-electron chi connectivity index (χ1n) is 9.12. The molecule has 0 spiro atoms. The van der Waals surface area contributed by atoms with Gasteiger partial charge in [0.15, 0.2) is 5.82 Å². The number of hydrogen-bond donors (Lipinski definition) is 3. The van der Waals surface area contributed by atoms with Crippen LogP contribution in [0.15, 0.2) is 42.5 Å². The molecule has 7 N–H and O–H groups in total. The number of carbonyl (C=O) groups is 1. The van der Waals surface area contributed by atoms with Gasteiger partial charge in [0, 0.05) is 19.9 Å². The number of nitrogens with one attached hydrogen (secondary N) is 1. The van der Waals surface area contributed by atoms with E-state index in [1.807, 2.05) is 25.2 Å². The van der Waals surface area contributed by atoms with Crippen LogP contribution < -0.4 is 16.8 Å². The van der Waals surface area contributed by atoms with E-state index in [4.69, 9.17) is 0 Å². The van der Waals surface area contributed by atoms with Crippen molar-refractivity contribution in [2.75, 3.05) is 13.1 Å². The number of carbonyl (C=O) groups excluding carboxylic acids is 1. The van der Waals surface area contributed by atoms with Crippen LogP contribution in [-0.2, 0) is 7.05 Å². The summed E-state index contributed by atoms with van der Waals surface area (Å²) in [4.78, 5) is 17.0. The Hall–Kier alpha value is -2.77. The maximum atomic E-state index is 13.1. The molecule has 0 radical (unpaired) electrons. The van der Waals surface area contributed by atoms with Crippen molar-refractivity contribution >= 4 is 16.9 Å². The average molecular weight is 371 g/mol. The number of rotatable bonds is 7. The van der Waals surface area contributed by atoms with E-state index in [0.29, 0.717) is 12.4 Å². The Balaban J connectivity index is 1.79. The number of benzene rings is 2. The van der Waals surface area contributed by atoms with Gasteiger partial charge < -0.3 is 21.4 Å². The predicted octanol–water partition coefficient (Wildman–Crippen LogP) is 0.742. The van der Waals surface area contributed by atoms with Crippen molar-refractivity contribution in [1.29, 1.82) is 0 Å². The number of hydrogen-bond acceptors (Lipinski definition) is 2. The number of imidazole rings is 1. The summed E-state index contributed by atoms with van der Waals surface area (Å²) in [5.41, 5.74) is 11.3. The SMILES string of the molecule is Cn1c(C(=O)NC[C@@H]([NH3+])CCC[NH3+])nc2cc(-c3ccc(F)cc3)ccc21. The summed E-state index contributed by atoms with van der Waals surface area (Å²) in [5, 5.41) is 2.92. The van der Waals surface area contributed by atoms with E-state index in [9.17, 15) is 9.18 Å². The van der Waals surface area contributed by atoms with Gasteiger partial charge in [-0.1, -0.05) is 18.2 Å². The van der Waals surface area contributed by atoms with E-state index >= 15 is 0 Å². The van der Waals surface area contributed by atoms with E-state index in [1.165, 1.54) is 12.1 Å². The van der Waals surface area contributed by atoms with Crippen LogP contribution in [-0.4, -0.2) is 34.6 Å². The van der Waals surface area contributed by atoms with Crippen LogP contribution in [0.2, 0.25) is 0 Å². The van der Waals surface area contributed by atoms with Gasteiger partial charge in [-0.25, -0.2) is 9.37 Å². The molecule has 1 aromatic heterocycles. The van der Waals surface area contributed by atoms with E-state index in [1.54, 1.807) is 16.7 Å². The molecule has 142 valence electrons. The molecule has 0 saturated carbocycles. The van der Waals surface area contributed by atoms with Gasteiger partial charge in [0.2, 0.25) is 0 Å². The molecular weight excluding hydrogens is 345 g/mol. The summed E-state index contributed by atoms with van der Waals surface area (Å²) in [6.45, 7) is 1.39. The Morgan fingerprint density at radius 3 is 2.63 bits per heavy atom. The minimum Gasteiger partial charge on any atom is -0.358 e. The maximum Gasteiger partial charge on any atom is 0.287 e. The Bertz CT molecular complexity index is 935. The lowest BCUT2D eigenvalue weighted by molar-refractivity contribution is -0.423. The highest BCUT2D eigenvalue weighted by molar-refractivity contribution is 5.95. The zero-order valence-corrected chi connectivity index (χ0v) is 15.5. The lowest BCUT2D eigenvalue weighted by atomic mass is 10.1. The summed E-state index contributed by atoms with van der Waals surface area (Å²) in [5.74, 6) is -0.110. The molecule has 3 aromatic rings. The first-order chi connectivity index (χ1) is 13.0. The fraction of sp³-hybridized carbons (Fsp3) is 0.300. The molecular formula is C20H26FN5O+2. The van der Waals surface area contributed by atoms with Crippen LogP contribution in [0.3, 0.4) is 0 Å². The van der Waals surface area contributed by atoms with Gasteiger partial charge in [-0.3, -0.25) is 4.79 Å². The van der Waals surface area contributed by atoms with Crippen molar-refractivity contribution in [2.24, 2.45) is 7.05 Å². The zero-order chi connectivity index (χ0) is 19.4. The molecule has 0 bridgehead atoms. The summed E-state index contributed by atoms with van der Waals surface area (Å²) >= 11 is 0. The Morgan fingerprint density at radius 2 is 1.93 bits per heavy atom. The van der Waals surface area contributed by atoms with Crippen molar-refractivity contribution < 1.29 is 20.7 Å². The molecule has 3 rings (SSSR count). The second kappa shape index (κ2) is 8.28. The predicted molar refractivity (Wildman–Crippen MR) is 102 cm³/mol. The van der Waals surface area contributed by atoms with Gasteiger partial charge >= 0.3 is 0 Å². The first kappa shape index (κ1) is 19.0. The zero-order valence-electron chi connectivity index (χ0n) is 15.5. The molecule has 2 aromatic carbocycles. The average Bonchev–Trinajstić information content (AvgIpc) is 3.01. The van der Waals surface area contributed by atoms with Gasteiger partial charge in [-0.05, 0) is 35.4 Å². The molecule has 0 unspecified atom stereocenters. The molecule has 1 heterocycles. The highest BCUT2D eigenvalue weighted by Crippen LogP contribution is 2.24. The Labute approximate surface area is 157 Å². The van der Waals surface area contributed by atoms with Gasteiger partial charge in [0.1, 0.15) is 11.9 Å². The van der Waals surface area contributed by atoms with Crippen LogP contribution in [0.4, 0.5) is 4.39 Å². The summed E-state index contributed by atoms with van der Waals surface area (Å²) < 4.78 is 14.9. The summed E-state index contributed by atoms with van der Waals surface area (Å²) in [7, 11) is 1.83. The largest absolute Gasteiger partial charge is 0.358 e. The number of fused-ring (bicyclic) bond motifs is 1. The van der Waals surface area contributed by atoms with E-state index in [0.717, 1.165) is 41.5 Å². The topological polar surface area (TPSA) is 102 Å². The minimum absolute atomic E-state index is 0.162. The molecule has 27 heavy (non-hydrogen) atoms. The van der Waals surface area contributed by atoms with Gasteiger partial charge in [0.05, 0.1) is 24.1 Å². The van der Waals surface area contributed by atoms with Crippen molar-refractivity contribution in [3.8, 4) is 11.1 Å². The molecule has 6 nitrogen and oxygen atoms in total. The smallest absolute Gasteiger partial charge is 0.287 e. The maximum absolute atomic E-state index is 13.1. The molecule has 0 aliphatic carbocycles. The van der Waals surface area contributed by atoms with Crippen LogP contribution in [0.1, 0.15) is 23.5 Å². The summed E-state index contributed by atoms with van der Waals surface area (Å²) in [6.07, 6.45) is 1.94. The Kier molecular flexibility index (Phi) is 5.83. The van der Waals surface area contributed by atoms with Gasteiger partial charge in [-0.15, -0.1) is 0 Å². The van der Waals surface area contributed by atoms with Crippen molar-refractivity contribution in [1.82, 2.24) is 14.9 Å². The molecule has 1 amide bonds. The highest BCUT2D eigenvalue weighted by atomic mass is 19.1. The molecule has 0 saturated heterocycles. The minimum atomic E-state index is -0.268. The standard InChI is InChI=1S/C20H24FN5O/c1-26-18-9-6-14(13-4-7-15(21)8-5-13)11-17(18)25-19(26)20(27)24-12-16(23)3-2-10-22/h4-9,11,16H,2-3,10,12,22-23H2,1H3,(H,24,27)/p+2/t16-/m0/s1. The number of quaternary nitrogens is 2. The normalized spacial score (nSPS) is 12.3. The number of amides is 1. The summed E-state index contributed by atoms with van der Waals surface area (Å²) in [6, 6.07) is 12.3. The van der Waals surface area contributed by atoms with Gasteiger partial charge in [0.25, 0.3) is 5.91 Å². The van der Waals surface area contributed by atoms with Crippen molar-refractivity contribution in [2.45, 2.75) is 18.9 Å². The van der Waals surface area contributed by atoms with E-state index in [2.05, 4.69) is 21.8 Å². The number of halogens is 1. The van der Waals surface area contributed by atoms with Crippen LogP contribution in [0.25, 0.3) is 22.2 Å². The lowest BCUT2D eigenvalue weighted by Gasteiger charge is -2.09. The molecule has 0 aliphatic rings. The molecule has 1 atom stereocenters. The quantitative estimate of drug-likeness (QED) is 0.570. The first-order valence-corrected chi connectivity index (χ1v) is 9.12. The molecule has 0 aliphatic heterocycles. The van der Waals surface area contributed by atoms with Crippen LogP contribution >= 0.6 is 0 Å². The number of aromatic nitrogens is 2. The fourth-order valence-electron chi connectivity index (χ4n) is 3.08. The second-order valence-corrected chi connectivity index (χ2v) is 6.78. The number of nitrogens with zero attached hydrogens (tertiary/aromatic N) is 2. The fourth-order valence-corrected chi connectivity index (χ4v) is 3.08. The van der Waals surface area contributed by atoms with Crippen molar-refractivity contribution in [3.05, 3.63) is 54.1 Å². The van der Waals surface area contributed by atoms with Crippen LogP contribution in [0, 0.1) is 5.82 Å². The Morgan fingerprint density at radius 1 is 1.22 bits per heavy atom. The monoisotopic (exact) mass is 371 g/mol. The second-order valence-electron chi connectivity index (χ2n) is 6.78. The van der Waals surface area contributed by atoms with Gasteiger partial charge in [-0.2, -0.15) is 0 Å². The van der Waals surface area contributed by atoms with E-state index in [-0.39, 0.29) is 17.8 Å². The number of aryl methyl sites for hydroxylation is 1. The third-order valence-corrected chi connectivity index (χ3v) is 4.68. The third kappa shape index (κ3) is 4.32. The van der Waals surface area contributed by atoms with Crippen molar-refractivity contribution in [3.63, 3.8) is 0 Å². The van der Waals surface area contributed by atoms with Crippen LogP contribution in [0.5, 0.6) is 0 Å². The highest BCUT2D eigenvalue weighted by Gasteiger charge is 2.17.